The van der Waals surface area contributed by atoms with Gasteiger partial charge in [-0.05, 0) is 37.5 Å². The second-order valence-electron chi connectivity index (χ2n) is 26.6. The van der Waals surface area contributed by atoms with Crippen LogP contribution in [0.1, 0.15) is 363 Å². The lowest BCUT2D eigenvalue weighted by Gasteiger charge is -2.21. The summed E-state index contributed by atoms with van der Waals surface area (Å²) < 4.78 is 68.2. The van der Waals surface area contributed by atoms with E-state index in [0.29, 0.717) is 25.7 Å². The van der Waals surface area contributed by atoms with E-state index in [2.05, 4.69) is 41.5 Å². The topological polar surface area (TPSA) is 237 Å². The fourth-order valence-corrected chi connectivity index (χ4v) is 12.3. The van der Waals surface area contributed by atoms with Crippen molar-refractivity contribution in [3.8, 4) is 0 Å². The van der Waals surface area contributed by atoms with Crippen LogP contribution in [0.5, 0.6) is 0 Å². The predicted molar refractivity (Wildman–Crippen MR) is 363 cm³/mol. The Kier molecular flexibility index (Phi) is 61.8. The van der Waals surface area contributed by atoms with Gasteiger partial charge < -0.3 is 33.8 Å². The first-order chi connectivity index (χ1) is 43.4. The van der Waals surface area contributed by atoms with Crippen LogP contribution in [0, 0.1) is 11.8 Å². The molecule has 0 bridgehead atoms. The summed E-state index contributed by atoms with van der Waals surface area (Å²) in [6.07, 6.45) is 48.6. The molecule has 0 aromatic rings. The molecule has 90 heavy (non-hydrogen) atoms. The maximum atomic E-state index is 13.0. The maximum absolute atomic E-state index is 13.0. The monoisotopic (exact) mass is 1320 g/mol. The van der Waals surface area contributed by atoms with Crippen molar-refractivity contribution < 1.29 is 80.2 Å². The van der Waals surface area contributed by atoms with Gasteiger partial charge in [0, 0.05) is 25.7 Å². The first kappa shape index (κ1) is 88.1. The minimum absolute atomic E-state index is 0.106. The average Bonchev–Trinajstić information content (AvgIpc) is 3.63. The molecule has 3 N–H and O–H groups in total. The summed E-state index contributed by atoms with van der Waals surface area (Å²) in [6, 6.07) is 0. The number of carbonyl (C=O) groups is 4. The number of rotatable bonds is 70. The van der Waals surface area contributed by atoms with Gasteiger partial charge in [-0.15, -0.1) is 0 Å². The van der Waals surface area contributed by atoms with Crippen LogP contribution in [0.15, 0.2) is 0 Å². The summed E-state index contributed by atoms with van der Waals surface area (Å²) in [5, 5.41) is 10.6. The molecule has 0 rings (SSSR count). The second kappa shape index (κ2) is 63.1. The van der Waals surface area contributed by atoms with Gasteiger partial charge >= 0.3 is 39.5 Å². The Bertz CT molecular complexity index is 1750. The highest BCUT2D eigenvalue weighted by Gasteiger charge is 2.30. The molecule has 2 unspecified atom stereocenters. The van der Waals surface area contributed by atoms with Crippen LogP contribution in [0.3, 0.4) is 0 Å². The van der Waals surface area contributed by atoms with Gasteiger partial charge in [0.25, 0.3) is 0 Å². The molecular weight excluding hydrogens is 1190 g/mol. The summed E-state index contributed by atoms with van der Waals surface area (Å²) in [4.78, 5) is 72.5. The molecule has 0 aliphatic heterocycles. The van der Waals surface area contributed by atoms with Gasteiger partial charge in [0.2, 0.25) is 0 Å². The van der Waals surface area contributed by atoms with E-state index in [1.54, 1.807) is 0 Å². The lowest BCUT2D eigenvalue weighted by Crippen LogP contribution is -2.30. The standard InChI is InChI=1S/C71H138O17P2/c1-7-9-11-13-15-27-35-41-47-53-68(73)81-59-66(87-70(75)55-49-43-37-28-16-14-12-10-8-2)61-85-89(77,78)83-57-65(72)58-84-90(79,80)86-62-67(60-82-69(74)54-48-42-36-31-26-25-30-34-40-46-52-64(5)6)88-71(76)56-50-44-38-32-24-22-20-18-17-19-21-23-29-33-39-45-51-63(3)4/h63-67,72H,7-62H2,1-6H3,(H,77,78)(H,79,80)/t65-,66+,67+/m0/s1. The summed E-state index contributed by atoms with van der Waals surface area (Å²) in [5.74, 6) is -0.557. The van der Waals surface area contributed by atoms with Crippen LogP contribution in [0.25, 0.3) is 0 Å². The van der Waals surface area contributed by atoms with Gasteiger partial charge in [0.05, 0.1) is 26.4 Å². The zero-order valence-electron chi connectivity index (χ0n) is 58.4. The minimum atomic E-state index is -4.95. The zero-order valence-corrected chi connectivity index (χ0v) is 60.2. The molecule has 0 saturated carbocycles. The summed E-state index contributed by atoms with van der Waals surface area (Å²) in [6.45, 7) is 9.55. The lowest BCUT2D eigenvalue weighted by molar-refractivity contribution is -0.161. The van der Waals surface area contributed by atoms with E-state index in [9.17, 15) is 43.2 Å². The first-order valence-corrected chi connectivity index (χ1v) is 40.0. The van der Waals surface area contributed by atoms with Crippen LogP contribution < -0.4 is 0 Å². The Labute approximate surface area is 549 Å². The molecule has 0 aromatic carbocycles. The van der Waals surface area contributed by atoms with Crippen molar-refractivity contribution in [3.63, 3.8) is 0 Å². The molecule has 0 amide bonds. The van der Waals surface area contributed by atoms with Crippen molar-refractivity contribution in [2.45, 2.75) is 381 Å². The number of esters is 4. The molecule has 0 fully saturated rings. The van der Waals surface area contributed by atoms with Crippen molar-refractivity contribution in [2.24, 2.45) is 11.8 Å². The van der Waals surface area contributed by atoms with Crippen molar-refractivity contribution in [1.29, 1.82) is 0 Å². The molecule has 19 heteroatoms. The molecule has 0 aliphatic rings. The molecule has 0 radical (unpaired) electrons. The number of phosphoric ester groups is 2. The van der Waals surface area contributed by atoms with Crippen LogP contribution in [0.4, 0.5) is 0 Å². The average molecular weight is 1330 g/mol. The third kappa shape index (κ3) is 64.8. The van der Waals surface area contributed by atoms with Crippen LogP contribution in [-0.4, -0.2) is 96.7 Å². The molecule has 0 aliphatic carbocycles. The van der Waals surface area contributed by atoms with Gasteiger partial charge in [-0.25, -0.2) is 9.13 Å². The quantitative estimate of drug-likeness (QED) is 0.0222. The van der Waals surface area contributed by atoms with E-state index in [4.69, 9.17) is 37.0 Å². The number of aliphatic hydroxyl groups is 1. The van der Waals surface area contributed by atoms with Crippen LogP contribution in [0.2, 0.25) is 0 Å². The minimum Gasteiger partial charge on any atom is -0.462 e. The van der Waals surface area contributed by atoms with Gasteiger partial charge in [-0.3, -0.25) is 37.3 Å². The smallest absolute Gasteiger partial charge is 0.462 e. The predicted octanol–water partition coefficient (Wildman–Crippen LogP) is 20.4. The van der Waals surface area contributed by atoms with E-state index < -0.39 is 97.5 Å². The molecule has 0 heterocycles. The van der Waals surface area contributed by atoms with E-state index >= 15 is 0 Å². The van der Waals surface area contributed by atoms with Crippen molar-refractivity contribution >= 4 is 39.5 Å². The number of phosphoric acid groups is 2. The normalized spacial score (nSPS) is 14.1. The number of unbranched alkanes of at least 4 members (excludes halogenated alkanes) is 40. The summed E-state index contributed by atoms with van der Waals surface area (Å²) in [7, 11) is -9.90. The third-order valence-corrected chi connectivity index (χ3v) is 18.4. The number of aliphatic hydroxyl groups excluding tert-OH is 1. The number of hydrogen-bond acceptors (Lipinski definition) is 15. The fraction of sp³-hybridized carbons (Fsp3) is 0.944. The summed E-state index contributed by atoms with van der Waals surface area (Å²) in [5.41, 5.74) is 0. The molecule has 17 nitrogen and oxygen atoms in total. The number of hydrogen-bond donors (Lipinski definition) is 3. The highest BCUT2D eigenvalue weighted by Crippen LogP contribution is 2.45. The Morgan fingerprint density at radius 3 is 0.756 bits per heavy atom. The highest BCUT2D eigenvalue weighted by atomic mass is 31.2. The largest absolute Gasteiger partial charge is 0.472 e. The fourth-order valence-electron chi connectivity index (χ4n) is 10.8. The van der Waals surface area contributed by atoms with E-state index in [1.165, 1.54) is 180 Å². The van der Waals surface area contributed by atoms with Gasteiger partial charge in [-0.1, -0.05) is 311 Å². The molecule has 0 aromatic heterocycles. The van der Waals surface area contributed by atoms with E-state index in [-0.39, 0.29) is 25.7 Å². The SMILES string of the molecule is CCCCCCCCCCCC(=O)OC[C@H](COP(=O)(O)OC[C@H](O)COP(=O)(O)OC[C@@H](COC(=O)CCCCCCCCCCCCC(C)C)OC(=O)CCCCCCCCCCCCCCCCCCC(C)C)OC(=O)CCCCCCCCCCC. The Morgan fingerprint density at radius 2 is 0.511 bits per heavy atom. The highest BCUT2D eigenvalue weighted by molar-refractivity contribution is 7.47. The van der Waals surface area contributed by atoms with Crippen LogP contribution >= 0.6 is 15.6 Å². The van der Waals surface area contributed by atoms with Crippen molar-refractivity contribution in [3.05, 3.63) is 0 Å². The van der Waals surface area contributed by atoms with Crippen molar-refractivity contribution in [1.82, 2.24) is 0 Å². The molecule has 0 spiro atoms. The summed E-state index contributed by atoms with van der Waals surface area (Å²) >= 11 is 0. The number of ether oxygens (including phenoxy) is 4. The Balaban J connectivity index is 5.19. The Morgan fingerprint density at radius 1 is 0.300 bits per heavy atom. The molecule has 534 valence electrons. The van der Waals surface area contributed by atoms with Crippen LogP contribution in [-0.2, 0) is 65.4 Å². The maximum Gasteiger partial charge on any atom is 0.472 e. The Hall–Kier alpha value is -1.94. The van der Waals surface area contributed by atoms with Crippen molar-refractivity contribution in [2.75, 3.05) is 39.6 Å². The van der Waals surface area contributed by atoms with Gasteiger partial charge in [0.1, 0.15) is 19.3 Å². The second-order valence-corrected chi connectivity index (χ2v) is 29.5. The molecular formula is C71H138O17P2. The van der Waals surface area contributed by atoms with E-state index in [1.807, 2.05) is 0 Å². The zero-order chi connectivity index (χ0) is 66.5. The van der Waals surface area contributed by atoms with E-state index in [0.717, 1.165) is 102 Å². The molecule has 0 saturated heterocycles. The lowest BCUT2D eigenvalue weighted by atomic mass is 10.0. The molecule has 5 atom stereocenters. The number of carbonyl (C=O) groups excluding carboxylic acids is 4. The first-order valence-electron chi connectivity index (χ1n) is 37.0. The van der Waals surface area contributed by atoms with Gasteiger partial charge in [-0.2, -0.15) is 0 Å². The third-order valence-electron chi connectivity index (χ3n) is 16.5. The van der Waals surface area contributed by atoms with Gasteiger partial charge in [0.15, 0.2) is 12.2 Å².